The number of hydrogen-bond donors (Lipinski definition) is 2. The standard InChI is InChI=1S/C14H21F2NO2S/c1-13(2,3)20(19)17-14(10-15,8-9-18)11-6-4-5-7-12(11)16/h4-7,17-18H,8-10H2,1-3H3/t14-,20-/m1/s1. The average molecular weight is 305 g/mol. The van der Waals surface area contributed by atoms with Crippen LogP contribution in [0, 0.1) is 5.82 Å². The van der Waals surface area contributed by atoms with Gasteiger partial charge in [-0.2, -0.15) is 0 Å². The smallest absolute Gasteiger partial charge is 0.136 e. The van der Waals surface area contributed by atoms with Crippen molar-refractivity contribution >= 4 is 11.4 Å². The molecule has 2 atom stereocenters. The Hall–Kier alpha value is -0.690. The number of halogens is 2. The first kappa shape index (κ1) is 17.4. The minimum absolute atomic E-state index is 0.0632. The van der Waals surface area contributed by atoms with E-state index in [1.54, 1.807) is 26.8 Å². The van der Waals surface area contributed by atoms with Gasteiger partial charge in [0, 0.05) is 23.5 Å². The van der Waals surface area contributed by atoms with Crippen LogP contribution in [0.2, 0.25) is 0 Å². The van der Waals surface area contributed by atoms with Crippen LogP contribution in [0.15, 0.2) is 24.3 Å². The van der Waals surface area contributed by atoms with E-state index in [0.29, 0.717) is 0 Å². The maximum atomic E-state index is 14.0. The first-order valence-corrected chi connectivity index (χ1v) is 7.53. The van der Waals surface area contributed by atoms with Crippen molar-refractivity contribution in [3.8, 4) is 0 Å². The number of hydrogen-bond acceptors (Lipinski definition) is 3. The molecule has 1 rings (SSSR count). The molecule has 0 radical (unpaired) electrons. The van der Waals surface area contributed by atoms with Crippen LogP contribution < -0.4 is 4.72 Å². The fourth-order valence-electron chi connectivity index (χ4n) is 1.78. The summed E-state index contributed by atoms with van der Waals surface area (Å²) in [5.74, 6) is -0.586. The lowest BCUT2D eigenvalue weighted by molar-refractivity contribution is 0.191. The molecule has 0 fully saturated rings. The molecular formula is C14H21F2NO2S. The van der Waals surface area contributed by atoms with E-state index in [2.05, 4.69) is 4.72 Å². The molecule has 0 spiro atoms. The lowest BCUT2D eigenvalue weighted by Crippen LogP contribution is -2.53. The second kappa shape index (κ2) is 6.85. The van der Waals surface area contributed by atoms with Crippen molar-refractivity contribution in [1.82, 2.24) is 4.72 Å². The third-order valence-electron chi connectivity index (χ3n) is 3.00. The Labute approximate surface area is 121 Å². The van der Waals surface area contributed by atoms with Gasteiger partial charge in [0.15, 0.2) is 0 Å². The lowest BCUT2D eigenvalue weighted by atomic mass is 9.89. The third kappa shape index (κ3) is 3.91. The molecule has 0 saturated carbocycles. The van der Waals surface area contributed by atoms with E-state index in [1.807, 2.05) is 0 Å². The van der Waals surface area contributed by atoms with Gasteiger partial charge in [-0.25, -0.2) is 8.78 Å². The van der Waals surface area contributed by atoms with E-state index in [0.717, 1.165) is 0 Å². The van der Waals surface area contributed by atoms with Crippen molar-refractivity contribution < 1.29 is 18.4 Å². The molecule has 6 heteroatoms. The predicted octanol–water partition coefficient (Wildman–Crippen LogP) is 2.42. The number of nitrogens with one attached hydrogen (secondary N) is 1. The Kier molecular flexibility index (Phi) is 5.94. The van der Waals surface area contributed by atoms with Crippen LogP contribution in [0.1, 0.15) is 32.8 Å². The zero-order valence-electron chi connectivity index (χ0n) is 12.0. The Morgan fingerprint density at radius 2 is 1.90 bits per heavy atom. The van der Waals surface area contributed by atoms with Crippen LogP contribution in [-0.2, 0) is 16.9 Å². The normalized spacial score (nSPS) is 16.8. The second-order valence-electron chi connectivity index (χ2n) is 5.65. The first-order valence-electron chi connectivity index (χ1n) is 6.38. The van der Waals surface area contributed by atoms with Crippen molar-refractivity contribution in [3.63, 3.8) is 0 Å². The summed E-state index contributed by atoms with van der Waals surface area (Å²) in [7, 11) is 0. The zero-order chi connectivity index (χ0) is 15.4. The van der Waals surface area contributed by atoms with Crippen LogP contribution in [0.3, 0.4) is 0 Å². The van der Waals surface area contributed by atoms with E-state index < -0.39 is 34.1 Å². The Balaban J connectivity index is 3.19. The minimum Gasteiger partial charge on any atom is -0.598 e. The van der Waals surface area contributed by atoms with Crippen LogP contribution in [-0.4, -0.2) is 27.7 Å². The van der Waals surface area contributed by atoms with E-state index >= 15 is 0 Å². The number of rotatable bonds is 6. The van der Waals surface area contributed by atoms with Gasteiger partial charge in [-0.05, 0) is 33.3 Å². The lowest BCUT2D eigenvalue weighted by Gasteiger charge is -2.35. The highest BCUT2D eigenvalue weighted by Gasteiger charge is 2.42. The Morgan fingerprint density at radius 3 is 2.35 bits per heavy atom. The largest absolute Gasteiger partial charge is 0.598 e. The molecule has 0 unspecified atom stereocenters. The highest BCUT2D eigenvalue weighted by Crippen LogP contribution is 2.31. The topological polar surface area (TPSA) is 55.3 Å². The summed E-state index contributed by atoms with van der Waals surface area (Å²) in [6.45, 7) is 3.90. The molecule has 1 aromatic carbocycles. The molecule has 0 bridgehead atoms. The fraction of sp³-hybridized carbons (Fsp3) is 0.571. The van der Waals surface area contributed by atoms with E-state index in [9.17, 15) is 18.4 Å². The molecule has 0 heterocycles. The Morgan fingerprint density at radius 1 is 1.30 bits per heavy atom. The number of benzene rings is 1. The summed E-state index contributed by atoms with van der Waals surface area (Å²) in [6.07, 6.45) is -0.0632. The van der Waals surface area contributed by atoms with Crippen molar-refractivity contribution in [1.29, 1.82) is 0 Å². The first-order chi connectivity index (χ1) is 9.27. The molecule has 1 aromatic rings. The monoisotopic (exact) mass is 305 g/mol. The van der Waals surface area contributed by atoms with Gasteiger partial charge < -0.3 is 9.66 Å². The summed E-state index contributed by atoms with van der Waals surface area (Å²) in [5, 5.41) is 9.17. The molecule has 0 amide bonds. The molecule has 0 aliphatic rings. The van der Waals surface area contributed by atoms with Crippen LogP contribution in [0.25, 0.3) is 0 Å². The van der Waals surface area contributed by atoms with E-state index in [4.69, 9.17) is 0 Å². The Bertz CT molecular complexity index is 439. The molecule has 0 saturated heterocycles. The molecule has 114 valence electrons. The maximum Gasteiger partial charge on any atom is 0.136 e. The van der Waals surface area contributed by atoms with Crippen molar-refractivity contribution in [2.75, 3.05) is 13.3 Å². The van der Waals surface area contributed by atoms with Crippen LogP contribution in [0.4, 0.5) is 8.78 Å². The van der Waals surface area contributed by atoms with Gasteiger partial charge in [-0.1, -0.05) is 18.2 Å². The quantitative estimate of drug-likeness (QED) is 0.794. The molecule has 2 N–H and O–H groups in total. The van der Waals surface area contributed by atoms with Crippen LogP contribution >= 0.6 is 0 Å². The second-order valence-corrected chi connectivity index (χ2v) is 7.62. The molecule has 3 nitrogen and oxygen atoms in total. The number of aliphatic hydroxyl groups is 1. The van der Waals surface area contributed by atoms with E-state index in [1.165, 1.54) is 18.2 Å². The molecule has 0 aromatic heterocycles. The summed E-state index contributed by atoms with van der Waals surface area (Å²) < 4.78 is 41.9. The highest BCUT2D eigenvalue weighted by atomic mass is 32.2. The van der Waals surface area contributed by atoms with Gasteiger partial charge >= 0.3 is 0 Å². The molecule has 0 aliphatic carbocycles. The molecule has 20 heavy (non-hydrogen) atoms. The molecular weight excluding hydrogens is 284 g/mol. The SMILES string of the molecule is CC(C)(C)[S@@+]([O-])N[C@@](CF)(CCO)c1ccccc1F. The van der Waals surface area contributed by atoms with Gasteiger partial charge in [0.1, 0.15) is 22.8 Å². The summed E-state index contributed by atoms with van der Waals surface area (Å²) >= 11 is -1.58. The van der Waals surface area contributed by atoms with Gasteiger partial charge in [0.2, 0.25) is 0 Å². The van der Waals surface area contributed by atoms with Crippen LogP contribution in [0.5, 0.6) is 0 Å². The molecule has 0 aliphatic heterocycles. The number of alkyl halides is 1. The third-order valence-corrected chi connectivity index (χ3v) is 4.69. The highest BCUT2D eigenvalue weighted by molar-refractivity contribution is 7.90. The predicted molar refractivity (Wildman–Crippen MR) is 76.8 cm³/mol. The zero-order valence-corrected chi connectivity index (χ0v) is 12.8. The number of aliphatic hydroxyl groups excluding tert-OH is 1. The van der Waals surface area contributed by atoms with Crippen molar-refractivity contribution in [2.45, 2.75) is 37.5 Å². The van der Waals surface area contributed by atoms with Crippen molar-refractivity contribution in [2.24, 2.45) is 0 Å². The van der Waals surface area contributed by atoms with E-state index in [-0.39, 0.29) is 18.6 Å². The van der Waals surface area contributed by atoms with Gasteiger partial charge in [0.05, 0.1) is 0 Å². The van der Waals surface area contributed by atoms with Gasteiger partial charge in [-0.3, -0.25) is 0 Å². The average Bonchev–Trinajstić information content (AvgIpc) is 2.37. The minimum atomic E-state index is -1.58. The fourth-order valence-corrected chi connectivity index (χ4v) is 2.71. The summed E-state index contributed by atoms with van der Waals surface area (Å²) in [5.41, 5.74) is -1.41. The van der Waals surface area contributed by atoms with Crippen molar-refractivity contribution in [3.05, 3.63) is 35.6 Å². The van der Waals surface area contributed by atoms with Gasteiger partial charge in [0.25, 0.3) is 0 Å². The summed E-state index contributed by atoms with van der Waals surface area (Å²) in [4.78, 5) is 0. The summed E-state index contributed by atoms with van der Waals surface area (Å²) in [6, 6.07) is 5.75. The van der Waals surface area contributed by atoms with Gasteiger partial charge in [-0.15, -0.1) is 4.72 Å². The maximum absolute atomic E-state index is 14.0.